The van der Waals surface area contributed by atoms with Crippen molar-refractivity contribution in [2.45, 2.75) is 25.9 Å². The van der Waals surface area contributed by atoms with E-state index in [1.54, 1.807) is 11.8 Å². The summed E-state index contributed by atoms with van der Waals surface area (Å²) in [5.74, 6) is 1.71. The largest absolute Gasteiger partial charge is 0.396 e. The molecule has 0 spiro atoms. The lowest BCUT2D eigenvalue weighted by atomic mass is 10.3. The van der Waals surface area contributed by atoms with Crippen LogP contribution in [0.1, 0.15) is 19.8 Å². The lowest BCUT2D eigenvalue weighted by Crippen LogP contribution is -2.45. The Morgan fingerprint density at radius 3 is 2.70 bits per heavy atom. The van der Waals surface area contributed by atoms with E-state index in [0.717, 1.165) is 31.0 Å². The number of pyridine rings is 1. The van der Waals surface area contributed by atoms with Gasteiger partial charge in [-0.1, -0.05) is 0 Å². The number of carbonyl (C=O) groups is 1. The van der Waals surface area contributed by atoms with Crippen molar-refractivity contribution >= 4 is 23.2 Å². The molecule has 20 heavy (non-hydrogen) atoms. The van der Waals surface area contributed by atoms with Crippen molar-refractivity contribution in [3.8, 4) is 0 Å². The number of rotatable bonds is 3. The van der Waals surface area contributed by atoms with E-state index >= 15 is 0 Å². The maximum absolute atomic E-state index is 11.6. The number of amides is 1. The summed E-state index contributed by atoms with van der Waals surface area (Å²) < 4.78 is 0. The Bertz CT molecular complexity index is 502. The second-order valence-electron chi connectivity index (χ2n) is 5.42. The second-order valence-corrected chi connectivity index (χ2v) is 5.42. The zero-order valence-electron chi connectivity index (χ0n) is 12.6. The van der Waals surface area contributed by atoms with Crippen LogP contribution in [0.5, 0.6) is 0 Å². The van der Waals surface area contributed by atoms with Crippen LogP contribution in [0, 0.1) is 0 Å². The van der Waals surface area contributed by atoms with Crippen molar-refractivity contribution in [3.05, 3.63) is 12.1 Å². The van der Waals surface area contributed by atoms with E-state index in [2.05, 4.69) is 9.88 Å². The maximum Gasteiger partial charge on any atom is 0.220 e. The van der Waals surface area contributed by atoms with Gasteiger partial charge in [0.15, 0.2) is 5.82 Å². The Labute approximate surface area is 120 Å². The minimum Gasteiger partial charge on any atom is -0.396 e. The molecule has 6 heteroatoms. The Morgan fingerprint density at radius 2 is 2.10 bits per heavy atom. The molecule has 0 radical (unpaired) electrons. The van der Waals surface area contributed by atoms with Gasteiger partial charge in [-0.3, -0.25) is 4.79 Å². The molecule has 1 aliphatic heterocycles. The highest BCUT2D eigenvalue weighted by atomic mass is 16.2. The Balaban J connectivity index is 2.30. The molecule has 1 atom stereocenters. The van der Waals surface area contributed by atoms with Crippen LogP contribution < -0.4 is 15.5 Å². The molecule has 0 bridgehead atoms. The molecule has 0 aromatic carbocycles. The molecule has 0 aliphatic carbocycles. The predicted molar refractivity (Wildman–Crippen MR) is 81.8 cm³/mol. The topological polar surface area (TPSA) is 65.7 Å². The first-order valence-electron chi connectivity index (χ1n) is 6.85. The zero-order valence-corrected chi connectivity index (χ0v) is 12.6. The summed E-state index contributed by atoms with van der Waals surface area (Å²) in [4.78, 5) is 22.1. The number of hydrogen-bond donors (Lipinski definition) is 1. The van der Waals surface area contributed by atoms with Gasteiger partial charge in [-0.2, -0.15) is 0 Å². The summed E-state index contributed by atoms with van der Waals surface area (Å²) in [5, 5.41) is 0. The molecule has 1 aliphatic rings. The van der Waals surface area contributed by atoms with E-state index in [-0.39, 0.29) is 12.1 Å². The van der Waals surface area contributed by atoms with Crippen LogP contribution in [0.4, 0.5) is 17.3 Å². The van der Waals surface area contributed by atoms with Gasteiger partial charge in [0.2, 0.25) is 5.91 Å². The van der Waals surface area contributed by atoms with Gasteiger partial charge in [0.05, 0.1) is 5.69 Å². The van der Waals surface area contributed by atoms with Crippen LogP contribution >= 0.6 is 0 Å². The van der Waals surface area contributed by atoms with E-state index in [4.69, 9.17) is 5.73 Å². The van der Waals surface area contributed by atoms with Gasteiger partial charge in [-0.15, -0.1) is 0 Å². The number of anilines is 3. The number of carbonyl (C=O) groups excluding carboxylic acids is 1. The summed E-state index contributed by atoms with van der Waals surface area (Å²) in [6.07, 6.45) is 2.11. The molecule has 2 rings (SSSR count). The van der Waals surface area contributed by atoms with E-state index < -0.39 is 0 Å². The summed E-state index contributed by atoms with van der Waals surface area (Å²) in [6, 6.07) is 3.80. The van der Waals surface area contributed by atoms with Gasteiger partial charge in [-0.05, 0) is 25.0 Å². The SMILES string of the molecule is CC(=O)N(C)C1CCCN1c1ccc(N)c(N(C)C)n1. The monoisotopic (exact) mass is 277 g/mol. The van der Waals surface area contributed by atoms with Gasteiger partial charge in [0.25, 0.3) is 0 Å². The molecule has 1 fully saturated rings. The molecule has 2 heterocycles. The smallest absolute Gasteiger partial charge is 0.220 e. The van der Waals surface area contributed by atoms with Gasteiger partial charge in [-0.25, -0.2) is 4.98 Å². The number of hydrogen-bond acceptors (Lipinski definition) is 5. The Morgan fingerprint density at radius 1 is 1.40 bits per heavy atom. The van der Waals surface area contributed by atoms with Crippen molar-refractivity contribution in [2.75, 3.05) is 43.2 Å². The van der Waals surface area contributed by atoms with E-state index in [0.29, 0.717) is 5.69 Å². The van der Waals surface area contributed by atoms with Crippen molar-refractivity contribution in [1.29, 1.82) is 0 Å². The summed E-state index contributed by atoms with van der Waals surface area (Å²) in [7, 11) is 5.69. The lowest BCUT2D eigenvalue weighted by Gasteiger charge is -2.33. The molecular formula is C14H23N5O. The van der Waals surface area contributed by atoms with Gasteiger partial charge < -0.3 is 20.4 Å². The molecule has 1 unspecified atom stereocenters. The molecule has 1 aromatic rings. The van der Waals surface area contributed by atoms with Crippen LogP contribution in [-0.4, -0.2) is 49.6 Å². The standard InChI is InChI=1S/C14H23N5O/c1-10(20)18(4)13-6-5-9-19(13)12-8-7-11(15)14(16-12)17(2)3/h7-8,13H,5-6,9,15H2,1-4H3. The highest BCUT2D eigenvalue weighted by molar-refractivity contribution is 5.74. The fourth-order valence-electron chi connectivity index (χ4n) is 2.60. The average molecular weight is 277 g/mol. The first kappa shape index (κ1) is 14.4. The van der Waals surface area contributed by atoms with Crippen molar-refractivity contribution in [3.63, 3.8) is 0 Å². The highest BCUT2D eigenvalue weighted by Gasteiger charge is 2.30. The molecule has 1 amide bonds. The van der Waals surface area contributed by atoms with Crippen LogP contribution in [-0.2, 0) is 4.79 Å². The number of nitrogens with zero attached hydrogens (tertiary/aromatic N) is 4. The number of nitrogens with two attached hydrogens (primary N) is 1. The quantitative estimate of drug-likeness (QED) is 0.897. The van der Waals surface area contributed by atoms with Crippen LogP contribution in [0.3, 0.4) is 0 Å². The van der Waals surface area contributed by atoms with E-state index in [1.807, 2.05) is 38.2 Å². The molecule has 1 saturated heterocycles. The van der Waals surface area contributed by atoms with Gasteiger partial charge >= 0.3 is 0 Å². The van der Waals surface area contributed by atoms with Crippen LogP contribution in [0.25, 0.3) is 0 Å². The second kappa shape index (κ2) is 5.56. The fourth-order valence-corrected chi connectivity index (χ4v) is 2.60. The fraction of sp³-hybridized carbons (Fsp3) is 0.571. The number of nitrogen functional groups attached to an aromatic ring is 1. The lowest BCUT2D eigenvalue weighted by molar-refractivity contribution is -0.129. The third-order valence-corrected chi connectivity index (χ3v) is 3.77. The molecule has 0 saturated carbocycles. The van der Waals surface area contributed by atoms with Crippen LogP contribution in [0.15, 0.2) is 12.1 Å². The van der Waals surface area contributed by atoms with E-state index in [9.17, 15) is 4.79 Å². The van der Waals surface area contributed by atoms with Crippen molar-refractivity contribution < 1.29 is 4.79 Å². The average Bonchev–Trinajstić information content (AvgIpc) is 2.87. The first-order valence-corrected chi connectivity index (χ1v) is 6.85. The third kappa shape index (κ3) is 2.64. The predicted octanol–water partition coefficient (Wildman–Crippen LogP) is 1.13. The number of aromatic nitrogens is 1. The minimum atomic E-state index is 0.0742. The first-order chi connectivity index (χ1) is 9.41. The van der Waals surface area contributed by atoms with Crippen LogP contribution in [0.2, 0.25) is 0 Å². The molecule has 6 nitrogen and oxygen atoms in total. The summed E-state index contributed by atoms with van der Waals surface area (Å²) in [5.41, 5.74) is 6.61. The third-order valence-electron chi connectivity index (χ3n) is 3.77. The molecule has 1 aromatic heterocycles. The molecular weight excluding hydrogens is 254 g/mol. The Kier molecular flexibility index (Phi) is 4.01. The van der Waals surface area contributed by atoms with Gasteiger partial charge in [0.1, 0.15) is 12.0 Å². The van der Waals surface area contributed by atoms with Crippen molar-refractivity contribution in [2.24, 2.45) is 0 Å². The normalized spacial score (nSPS) is 18.2. The summed E-state index contributed by atoms with van der Waals surface area (Å²) >= 11 is 0. The van der Waals surface area contributed by atoms with Gasteiger partial charge in [0, 0.05) is 34.6 Å². The molecule has 2 N–H and O–H groups in total. The van der Waals surface area contributed by atoms with Crippen molar-refractivity contribution in [1.82, 2.24) is 9.88 Å². The molecule has 110 valence electrons. The van der Waals surface area contributed by atoms with E-state index in [1.165, 1.54) is 0 Å². The minimum absolute atomic E-state index is 0.0742. The Hall–Kier alpha value is -1.98. The highest BCUT2D eigenvalue weighted by Crippen LogP contribution is 2.29. The maximum atomic E-state index is 11.6. The summed E-state index contributed by atoms with van der Waals surface area (Å²) in [6.45, 7) is 2.50. The zero-order chi connectivity index (χ0) is 14.9.